The Balaban J connectivity index is 2.03. The summed E-state index contributed by atoms with van der Waals surface area (Å²) in [6.07, 6.45) is 0.194. The summed E-state index contributed by atoms with van der Waals surface area (Å²) in [7, 11) is -1.86. The van der Waals surface area contributed by atoms with Gasteiger partial charge in [-0.05, 0) is 31.0 Å². The molecule has 27 heavy (non-hydrogen) atoms. The topological polar surface area (TPSA) is 84.5 Å². The molecule has 0 aliphatic heterocycles. The molecule has 146 valence electrons. The maximum atomic E-state index is 12.3. The van der Waals surface area contributed by atoms with Crippen LogP contribution in [0.3, 0.4) is 0 Å². The molecule has 0 heterocycles. The van der Waals surface area contributed by atoms with Crippen LogP contribution in [0.1, 0.15) is 30.5 Å². The number of methoxy groups -OCH3 is 1. The highest BCUT2D eigenvalue weighted by Crippen LogP contribution is 2.18. The van der Waals surface area contributed by atoms with Crippen molar-refractivity contribution in [2.75, 3.05) is 7.11 Å². The zero-order valence-electron chi connectivity index (χ0n) is 15.9. The Kier molecular flexibility index (Phi) is 7.38. The highest BCUT2D eigenvalue weighted by atomic mass is 32.2. The second-order valence-corrected chi connectivity index (χ2v) is 8.32. The second-order valence-electron chi connectivity index (χ2n) is 6.57. The van der Waals surface area contributed by atoms with E-state index >= 15 is 0 Å². The smallest absolute Gasteiger partial charge is 0.224 e. The molecular weight excluding hydrogens is 364 g/mol. The van der Waals surface area contributed by atoms with Gasteiger partial charge in [0.25, 0.3) is 0 Å². The van der Waals surface area contributed by atoms with Gasteiger partial charge in [0.15, 0.2) is 0 Å². The van der Waals surface area contributed by atoms with Crippen LogP contribution >= 0.6 is 0 Å². The van der Waals surface area contributed by atoms with E-state index in [4.69, 9.17) is 4.74 Å². The number of hydrogen-bond donors (Lipinski definition) is 2. The summed E-state index contributed by atoms with van der Waals surface area (Å²) < 4.78 is 32.2. The SMILES string of the molecule is COc1ccccc1CC(=O)NCc1ccccc1CS(=O)(=O)NC(C)C. The van der Waals surface area contributed by atoms with Crippen molar-refractivity contribution >= 4 is 15.9 Å². The van der Waals surface area contributed by atoms with Crippen LogP contribution in [-0.2, 0) is 33.5 Å². The van der Waals surface area contributed by atoms with E-state index in [1.807, 2.05) is 36.4 Å². The predicted molar refractivity (Wildman–Crippen MR) is 106 cm³/mol. The van der Waals surface area contributed by atoms with E-state index in [2.05, 4.69) is 10.0 Å². The van der Waals surface area contributed by atoms with Crippen molar-refractivity contribution in [3.05, 3.63) is 65.2 Å². The lowest BCUT2D eigenvalue weighted by Gasteiger charge is -2.14. The molecule has 2 N–H and O–H groups in total. The number of carbonyl (C=O) groups excluding carboxylic acids is 1. The van der Waals surface area contributed by atoms with Crippen molar-refractivity contribution in [2.24, 2.45) is 0 Å². The number of hydrogen-bond acceptors (Lipinski definition) is 4. The molecule has 0 unspecified atom stereocenters. The summed E-state index contributed by atoms with van der Waals surface area (Å²) in [6, 6.07) is 14.4. The Labute approximate surface area is 161 Å². The molecule has 2 aromatic rings. The molecule has 1 amide bonds. The van der Waals surface area contributed by atoms with Crippen molar-refractivity contribution in [3.63, 3.8) is 0 Å². The largest absolute Gasteiger partial charge is 0.496 e. The van der Waals surface area contributed by atoms with Crippen LogP contribution < -0.4 is 14.8 Å². The van der Waals surface area contributed by atoms with Crippen molar-refractivity contribution in [1.29, 1.82) is 0 Å². The molecule has 0 aliphatic carbocycles. The minimum atomic E-state index is -3.43. The predicted octanol–water partition coefficient (Wildman–Crippen LogP) is 2.38. The van der Waals surface area contributed by atoms with Gasteiger partial charge in [0.1, 0.15) is 5.75 Å². The first-order valence-corrected chi connectivity index (χ1v) is 10.4. The molecular formula is C20H26N2O4S. The summed E-state index contributed by atoms with van der Waals surface area (Å²) >= 11 is 0. The fourth-order valence-corrected chi connectivity index (χ4v) is 4.25. The first-order valence-electron chi connectivity index (χ1n) is 8.76. The number of ether oxygens (including phenoxy) is 1. The monoisotopic (exact) mass is 390 g/mol. The lowest BCUT2D eigenvalue weighted by atomic mass is 10.1. The quantitative estimate of drug-likeness (QED) is 0.689. The lowest BCUT2D eigenvalue weighted by molar-refractivity contribution is -0.120. The van der Waals surface area contributed by atoms with Gasteiger partial charge < -0.3 is 10.1 Å². The number of benzene rings is 2. The third-order valence-electron chi connectivity index (χ3n) is 3.90. The maximum Gasteiger partial charge on any atom is 0.224 e. The van der Waals surface area contributed by atoms with Gasteiger partial charge in [0, 0.05) is 18.2 Å². The second kappa shape index (κ2) is 9.53. The number of sulfonamides is 1. The molecule has 6 nitrogen and oxygen atoms in total. The van der Waals surface area contributed by atoms with E-state index in [1.54, 1.807) is 33.1 Å². The summed E-state index contributed by atoms with van der Waals surface area (Å²) in [5.74, 6) is 0.389. The van der Waals surface area contributed by atoms with Gasteiger partial charge >= 0.3 is 0 Å². The first-order chi connectivity index (χ1) is 12.8. The van der Waals surface area contributed by atoms with Crippen molar-refractivity contribution in [3.8, 4) is 5.75 Å². The van der Waals surface area contributed by atoms with Gasteiger partial charge in [-0.2, -0.15) is 0 Å². The van der Waals surface area contributed by atoms with Crippen LogP contribution in [-0.4, -0.2) is 27.5 Å². The van der Waals surface area contributed by atoms with E-state index in [1.165, 1.54) is 0 Å². The fraction of sp³-hybridized carbons (Fsp3) is 0.350. The van der Waals surface area contributed by atoms with Crippen molar-refractivity contribution < 1.29 is 17.9 Å². The van der Waals surface area contributed by atoms with Crippen molar-refractivity contribution in [2.45, 2.75) is 38.6 Å². The maximum absolute atomic E-state index is 12.3. The molecule has 0 aromatic heterocycles. The van der Waals surface area contributed by atoms with Crippen LogP contribution in [0.15, 0.2) is 48.5 Å². The van der Waals surface area contributed by atoms with Crippen molar-refractivity contribution in [1.82, 2.24) is 10.0 Å². The van der Waals surface area contributed by atoms with E-state index in [0.29, 0.717) is 11.3 Å². The molecule has 2 rings (SSSR count). The van der Waals surface area contributed by atoms with Crippen LogP contribution in [0.2, 0.25) is 0 Å². The van der Waals surface area contributed by atoms with E-state index in [9.17, 15) is 13.2 Å². The molecule has 0 aliphatic rings. The molecule has 0 spiro atoms. The average Bonchev–Trinajstić information content (AvgIpc) is 2.60. The molecule has 0 atom stereocenters. The average molecular weight is 391 g/mol. The number of para-hydroxylation sites is 1. The number of carbonyl (C=O) groups is 1. The van der Waals surface area contributed by atoms with Gasteiger partial charge in [0.05, 0.1) is 19.3 Å². The number of nitrogens with one attached hydrogen (secondary N) is 2. The number of rotatable bonds is 9. The zero-order chi connectivity index (χ0) is 19.9. The molecule has 0 fully saturated rings. The summed E-state index contributed by atoms with van der Waals surface area (Å²) in [5, 5.41) is 2.86. The zero-order valence-corrected chi connectivity index (χ0v) is 16.7. The normalized spacial score (nSPS) is 11.4. The van der Waals surface area contributed by atoms with Gasteiger partial charge in [-0.25, -0.2) is 13.1 Å². The Morgan fingerprint density at radius 3 is 2.22 bits per heavy atom. The molecule has 2 aromatic carbocycles. The van der Waals surface area contributed by atoms with Gasteiger partial charge in [-0.3, -0.25) is 4.79 Å². The van der Waals surface area contributed by atoms with Gasteiger partial charge in [-0.1, -0.05) is 42.5 Å². The minimum absolute atomic E-state index is 0.121. The van der Waals surface area contributed by atoms with Crippen LogP contribution in [0, 0.1) is 0 Å². The Bertz CT molecular complexity index is 879. The Morgan fingerprint density at radius 2 is 1.59 bits per heavy atom. The Hall–Kier alpha value is -2.38. The first kappa shape index (κ1) is 20.9. The standard InChI is InChI=1S/C20H26N2O4S/c1-15(2)22-27(24,25)14-18-10-5-4-9-17(18)13-21-20(23)12-16-8-6-7-11-19(16)26-3/h4-11,15,22H,12-14H2,1-3H3,(H,21,23). The third kappa shape index (κ3) is 6.69. The molecule has 7 heteroatoms. The Morgan fingerprint density at radius 1 is 1.00 bits per heavy atom. The van der Waals surface area contributed by atoms with Gasteiger partial charge in [-0.15, -0.1) is 0 Å². The lowest BCUT2D eigenvalue weighted by Crippen LogP contribution is -2.32. The molecule has 0 bridgehead atoms. The number of amides is 1. The molecule has 0 saturated carbocycles. The molecule has 0 radical (unpaired) electrons. The highest BCUT2D eigenvalue weighted by molar-refractivity contribution is 7.88. The third-order valence-corrected chi connectivity index (χ3v) is 5.42. The fourth-order valence-electron chi connectivity index (χ4n) is 2.75. The van der Waals surface area contributed by atoms with Crippen LogP contribution in [0.4, 0.5) is 0 Å². The summed E-state index contributed by atoms with van der Waals surface area (Å²) in [5.41, 5.74) is 2.25. The van der Waals surface area contributed by atoms with E-state index in [-0.39, 0.29) is 30.7 Å². The van der Waals surface area contributed by atoms with Crippen LogP contribution in [0.25, 0.3) is 0 Å². The minimum Gasteiger partial charge on any atom is -0.496 e. The summed E-state index contributed by atoms with van der Waals surface area (Å²) in [6.45, 7) is 3.82. The molecule has 0 saturated heterocycles. The summed E-state index contributed by atoms with van der Waals surface area (Å²) in [4.78, 5) is 12.3. The van der Waals surface area contributed by atoms with E-state index < -0.39 is 10.0 Å². The van der Waals surface area contributed by atoms with E-state index in [0.717, 1.165) is 11.1 Å². The van der Waals surface area contributed by atoms with Crippen LogP contribution in [0.5, 0.6) is 5.75 Å². The highest BCUT2D eigenvalue weighted by Gasteiger charge is 2.16. The van der Waals surface area contributed by atoms with Gasteiger partial charge in [0.2, 0.25) is 15.9 Å².